The third-order valence-electron chi connectivity index (χ3n) is 4.12. The van der Waals surface area contributed by atoms with E-state index in [9.17, 15) is 0 Å². The summed E-state index contributed by atoms with van der Waals surface area (Å²) in [7, 11) is 0. The van der Waals surface area contributed by atoms with Gasteiger partial charge in [0.05, 0.1) is 10.6 Å². The van der Waals surface area contributed by atoms with Crippen molar-refractivity contribution >= 4 is 22.2 Å². The number of benzene rings is 1. The summed E-state index contributed by atoms with van der Waals surface area (Å²) in [6.45, 7) is 5.14. The van der Waals surface area contributed by atoms with Crippen molar-refractivity contribution in [3.63, 3.8) is 0 Å². The molecule has 1 aromatic carbocycles. The van der Waals surface area contributed by atoms with Gasteiger partial charge in [0.25, 0.3) is 0 Å². The van der Waals surface area contributed by atoms with Crippen molar-refractivity contribution < 1.29 is 0 Å². The number of aryl methyl sites for hydroxylation is 3. The molecule has 0 aliphatic heterocycles. The number of rotatable bonds is 5. The van der Waals surface area contributed by atoms with Crippen LogP contribution in [0.15, 0.2) is 29.6 Å². The molecule has 3 heteroatoms. The Morgan fingerprint density at radius 1 is 1.10 bits per heavy atom. The lowest BCUT2D eigenvalue weighted by atomic mass is 10.0. The van der Waals surface area contributed by atoms with Crippen LogP contribution >= 0.6 is 11.3 Å². The molecule has 0 atom stereocenters. The van der Waals surface area contributed by atoms with E-state index < -0.39 is 0 Å². The molecular weight excluding hydrogens is 276 g/mol. The van der Waals surface area contributed by atoms with Gasteiger partial charge in [-0.15, -0.1) is 11.3 Å². The van der Waals surface area contributed by atoms with Crippen LogP contribution in [0.5, 0.6) is 0 Å². The normalized spacial score (nSPS) is 11.4. The highest BCUT2D eigenvalue weighted by Gasteiger charge is 2.16. The predicted octanol–water partition coefficient (Wildman–Crippen LogP) is 4.79. The average Bonchev–Trinajstić information content (AvgIpc) is 3.04. The Hall–Kier alpha value is -1.58. The number of fused-ring (bicyclic) bond motifs is 1. The molecule has 0 amide bonds. The summed E-state index contributed by atoms with van der Waals surface area (Å²) in [6, 6.07) is 8.77. The molecule has 110 valence electrons. The highest BCUT2D eigenvalue weighted by Crippen LogP contribution is 2.37. The topological polar surface area (TPSA) is 41.8 Å². The first kappa shape index (κ1) is 14.4. The van der Waals surface area contributed by atoms with Gasteiger partial charge in [-0.2, -0.15) is 0 Å². The van der Waals surface area contributed by atoms with Crippen LogP contribution in [-0.4, -0.2) is 11.5 Å². The van der Waals surface area contributed by atoms with E-state index in [4.69, 9.17) is 5.73 Å². The molecule has 0 aliphatic carbocycles. The number of H-pyrrole nitrogens is 1. The molecule has 3 rings (SSSR count). The van der Waals surface area contributed by atoms with Crippen molar-refractivity contribution in [1.29, 1.82) is 0 Å². The fourth-order valence-corrected chi connectivity index (χ4v) is 3.90. The van der Waals surface area contributed by atoms with Gasteiger partial charge in [0, 0.05) is 10.9 Å². The van der Waals surface area contributed by atoms with Crippen LogP contribution in [-0.2, 0) is 6.42 Å². The van der Waals surface area contributed by atoms with Gasteiger partial charge in [-0.3, -0.25) is 0 Å². The third-order valence-corrected chi connectivity index (χ3v) is 5.15. The first-order valence-corrected chi connectivity index (χ1v) is 8.45. The number of unbranched alkanes of at least 4 members (excludes halogenated alkanes) is 1. The molecule has 2 nitrogen and oxygen atoms in total. The van der Waals surface area contributed by atoms with E-state index >= 15 is 0 Å². The van der Waals surface area contributed by atoms with Gasteiger partial charge in [-0.05, 0) is 67.8 Å². The fourth-order valence-electron chi connectivity index (χ4n) is 2.95. The van der Waals surface area contributed by atoms with Crippen LogP contribution in [0.4, 0.5) is 0 Å². The van der Waals surface area contributed by atoms with Crippen molar-refractivity contribution in [3.8, 4) is 10.6 Å². The zero-order valence-corrected chi connectivity index (χ0v) is 13.5. The second kappa shape index (κ2) is 6.04. The summed E-state index contributed by atoms with van der Waals surface area (Å²) >= 11 is 1.82. The first-order valence-electron chi connectivity index (χ1n) is 7.57. The van der Waals surface area contributed by atoms with Crippen molar-refractivity contribution in [2.24, 2.45) is 5.73 Å². The van der Waals surface area contributed by atoms with Crippen LogP contribution in [0.2, 0.25) is 0 Å². The number of nitrogens with one attached hydrogen (secondary N) is 1. The van der Waals surface area contributed by atoms with E-state index in [1.807, 2.05) is 11.3 Å². The van der Waals surface area contributed by atoms with Gasteiger partial charge < -0.3 is 10.7 Å². The minimum atomic E-state index is 0.773. The van der Waals surface area contributed by atoms with E-state index in [0.29, 0.717) is 0 Å². The van der Waals surface area contributed by atoms with Crippen molar-refractivity contribution in [3.05, 3.63) is 46.3 Å². The molecule has 0 bridgehead atoms. The van der Waals surface area contributed by atoms with E-state index in [1.165, 1.54) is 38.2 Å². The lowest BCUT2D eigenvalue weighted by Crippen LogP contribution is -1.99. The SMILES string of the molecule is Cc1ccsc1-c1[nH]c2c(C)cccc2c1CCCCN. The summed E-state index contributed by atoms with van der Waals surface area (Å²) in [5, 5.41) is 3.54. The summed E-state index contributed by atoms with van der Waals surface area (Å²) in [5.41, 5.74) is 12.4. The van der Waals surface area contributed by atoms with Gasteiger partial charge in [-0.25, -0.2) is 0 Å². The largest absolute Gasteiger partial charge is 0.353 e. The molecule has 3 N–H and O–H groups in total. The Balaban J connectivity index is 2.15. The standard InChI is InChI=1S/C18H22N2S/c1-12-6-5-8-14-15(7-3-4-10-19)17(20-16(12)14)18-13(2)9-11-21-18/h5-6,8-9,11,20H,3-4,7,10,19H2,1-2H3. The monoisotopic (exact) mass is 298 g/mol. The highest BCUT2D eigenvalue weighted by atomic mass is 32.1. The van der Waals surface area contributed by atoms with Crippen molar-refractivity contribution in [1.82, 2.24) is 4.98 Å². The van der Waals surface area contributed by atoms with E-state index in [2.05, 4.69) is 48.5 Å². The second-order valence-electron chi connectivity index (χ2n) is 5.65. The Morgan fingerprint density at radius 3 is 2.67 bits per heavy atom. The lowest BCUT2D eigenvalue weighted by Gasteiger charge is -2.04. The highest BCUT2D eigenvalue weighted by molar-refractivity contribution is 7.13. The molecule has 0 fully saturated rings. The Kier molecular flexibility index (Phi) is 4.13. The van der Waals surface area contributed by atoms with Crippen LogP contribution in [0, 0.1) is 13.8 Å². The van der Waals surface area contributed by atoms with Gasteiger partial charge in [0.15, 0.2) is 0 Å². The zero-order chi connectivity index (χ0) is 14.8. The molecule has 0 spiro atoms. The number of thiophene rings is 1. The van der Waals surface area contributed by atoms with E-state index in [-0.39, 0.29) is 0 Å². The second-order valence-corrected chi connectivity index (χ2v) is 6.57. The van der Waals surface area contributed by atoms with Gasteiger partial charge >= 0.3 is 0 Å². The third kappa shape index (κ3) is 2.63. The molecule has 0 saturated heterocycles. The maximum absolute atomic E-state index is 5.66. The molecule has 0 saturated carbocycles. The molecule has 2 aromatic heterocycles. The molecule has 0 unspecified atom stereocenters. The Morgan fingerprint density at radius 2 is 1.95 bits per heavy atom. The smallest absolute Gasteiger partial charge is 0.0601 e. The quantitative estimate of drug-likeness (QED) is 0.653. The molecule has 0 radical (unpaired) electrons. The van der Waals surface area contributed by atoms with Crippen molar-refractivity contribution in [2.75, 3.05) is 6.54 Å². The number of hydrogen-bond acceptors (Lipinski definition) is 2. The number of aromatic amines is 1. The van der Waals surface area contributed by atoms with E-state index in [1.54, 1.807) is 0 Å². The first-order chi connectivity index (χ1) is 10.2. The minimum Gasteiger partial charge on any atom is -0.353 e. The molecule has 2 heterocycles. The Labute approximate surface area is 130 Å². The molecular formula is C18H22N2S. The minimum absolute atomic E-state index is 0.773. The average molecular weight is 298 g/mol. The summed E-state index contributed by atoms with van der Waals surface area (Å²) < 4.78 is 0. The molecule has 3 aromatic rings. The van der Waals surface area contributed by atoms with Gasteiger partial charge in [0.1, 0.15) is 0 Å². The van der Waals surface area contributed by atoms with Gasteiger partial charge in [-0.1, -0.05) is 18.2 Å². The lowest BCUT2D eigenvalue weighted by molar-refractivity contribution is 0.748. The summed E-state index contributed by atoms with van der Waals surface area (Å²) in [6.07, 6.45) is 3.32. The Bertz CT molecular complexity index is 752. The maximum atomic E-state index is 5.66. The van der Waals surface area contributed by atoms with E-state index in [0.717, 1.165) is 25.8 Å². The van der Waals surface area contributed by atoms with Crippen molar-refractivity contribution in [2.45, 2.75) is 33.1 Å². The van der Waals surface area contributed by atoms with Crippen LogP contribution in [0.25, 0.3) is 21.5 Å². The van der Waals surface area contributed by atoms with Gasteiger partial charge in [0.2, 0.25) is 0 Å². The number of aromatic nitrogens is 1. The summed E-state index contributed by atoms with van der Waals surface area (Å²) in [4.78, 5) is 5.05. The summed E-state index contributed by atoms with van der Waals surface area (Å²) in [5.74, 6) is 0. The van der Waals surface area contributed by atoms with Crippen LogP contribution in [0.1, 0.15) is 29.5 Å². The molecule has 21 heavy (non-hydrogen) atoms. The number of para-hydroxylation sites is 1. The number of hydrogen-bond donors (Lipinski definition) is 2. The maximum Gasteiger partial charge on any atom is 0.0601 e. The number of nitrogens with two attached hydrogens (primary N) is 1. The van der Waals surface area contributed by atoms with Crippen LogP contribution in [0.3, 0.4) is 0 Å². The van der Waals surface area contributed by atoms with Crippen LogP contribution < -0.4 is 5.73 Å². The molecule has 0 aliphatic rings. The predicted molar refractivity (Wildman–Crippen MR) is 93.1 cm³/mol. The zero-order valence-electron chi connectivity index (χ0n) is 12.7. The fraction of sp³-hybridized carbons (Fsp3) is 0.333.